The Labute approximate surface area is 349 Å². The van der Waals surface area contributed by atoms with Gasteiger partial charge in [-0.2, -0.15) is 20.5 Å². The number of fused-ring (bicyclic) bond motifs is 2. The van der Waals surface area contributed by atoms with Crippen LogP contribution in [0.4, 0.5) is 45.5 Å². The van der Waals surface area contributed by atoms with Crippen LogP contribution in [0.25, 0.3) is 21.5 Å². The van der Waals surface area contributed by atoms with Crippen LogP contribution in [0.1, 0.15) is 32.6 Å². The van der Waals surface area contributed by atoms with Gasteiger partial charge in [0.25, 0.3) is 0 Å². The average Bonchev–Trinajstić information content (AvgIpc) is 3.31. The van der Waals surface area contributed by atoms with Gasteiger partial charge in [0.2, 0.25) is 0 Å². The number of ether oxygens (including phenoxy) is 1. The highest BCUT2D eigenvalue weighted by Gasteiger charge is 2.07. The smallest absolute Gasteiger partial charge is 0.119 e. The van der Waals surface area contributed by atoms with Crippen molar-refractivity contribution in [3.05, 3.63) is 182 Å². The zero-order valence-corrected chi connectivity index (χ0v) is 33.3. The number of rotatable bonds is 14. The van der Waals surface area contributed by atoms with Gasteiger partial charge >= 0.3 is 0 Å². The highest BCUT2D eigenvalue weighted by molar-refractivity contribution is 6.00. The van der Waals surface area contributed by atoms with Crippen LogP contribution < -0.4 is 4.74 Å². The van der Waals surface area contributed by atoms with Crippen LogP contribution in [0.2, 0.25) is 0 Å². The summed E-state index contributed by atoms with van der Waals surface area (Å²) in [6, 6.07) is 57.2. The molecule has 8 aromatic rings. The summed E-state index contributed by atoms with van der Waals surface area (Å²) in [5.74, 6) is 1.07. The Balaban J connectivity index is 0.000000185. The highest BCUT2D eigenvalue weighted by Crippen LogP contribution is 2.37. The molecule has 0 amide bonds. The quantitative estimate of drug-likeness (QED) is 0.0869. The lowest BCUT2D eigenvalue weighted by atomic mass is 10.1. The number of hydrogen-bond donors (Lipinski definition) is 1. The molecule has 0 spiro atoms. The van der Waals surface area contributed by atoms with E-state index in [2.05, 4.69) is 47.8 Å². The Morgan fingerprint density at radius 1 is 0.350 bits per heavy atom. The molecule has 0 heterocycles. The first-order chi connectivity index (χ1) is 29.6. The number of phenolic OH excluding ortho intramolecular Hbond substituents is 1. The van der Waals surface area contributed by atoms with E-state index >= 15 is 0 Å². The summed E-state index contributed by atoms with van der Waals surface area (Å²) in [5.41, 5.74) is 6.19. The third-order valence-corrected chi connectivity index (χ3v) is 9.31. The minimum atomic E-state index is 0.201. The van der Waals surface area contributed by atoms with Gasteiger partial charge in [-0.1, -0.05) is 111 Å². The molecule has 8 rings (SSSR count). The molecule has 1 N–H and O–H groups in total. The molecule has 0 fully saturated rings. The van der Waals surface area contributed by atoms with Crippen LogP contribution >= 0.6 is 0 Å². The second-order valence-electron chi connectivity index (χ2n) is 13.7. The van der Waals surface area contributed by atoms with E-state index in [0.717, 1.165) is 80.1 Å². The van der Waals surface area contributed by atoms with Gasteiger partial charge in [0, 0.05) is 21.5 Å². The molecule has 10 heteroatoms. The summed E-state index contributed by atoms with van der Waals surface area (Å²) in [6.45, 7) is 2.96. The molecule has 8 aromatic carbocycles. The third-order valence-electron chi connectivity index (χ3n) is 9.31. The van der Waals surface area contributed by atoms with Crippen molar-refractivity contribution in [2.45, 2.75) is 32.6 Å². The topological polar surface area (TPSA) is 128 Å². The number of phenols is 1. The molecule has 0 unspecified atom stereocenters. The molecule has 0 aliphatic heterocycles. The molecular weight excluding hydrogens is 745 g/mol. The predicted molar refractivity (Wildman–Crippen MR) is 242 cm³/mol. The number of nitrogens with zero attached hydrogens (tertiary/aromatic N) is 8. The molecule has 0 bridgehead atoms. The van der Waals surface area contributed by atoms with Crippen LogP contribution in [0.15, 0.2) is 223 Å². The van der Waals surface area contributed by atoms with E-state index in [9.17, 15) is 5.11 Å². The van der Waals surface area contributed by atoms with Gasteiger partial charge in [-0.25, -0.2) is 0 Å². The molecule has 0 radical (unpaired) electrons. The third kappa shape index (κ3) is 11.4. The Kier molecular flexibility index (Phi) is 14.3. The first-order valence-corrected chi connectivity index (χ1v) is 20.0. The van der Waals surface area contributed by atoms with E-state index in [1.165, 1.54) is 19.3 Å². The minimum Gasteiger partial charge on any atom is -0.508 e. The number of benzene rings is 8. The second kappa shape index (κ2) is 21.2. The molecule has 0 aliphatic carbocycles. The first-order valence-electron chi connectivity index (χ1n) is 20.0. The van der Waals surface area contributed by atoms with Gasteiger partial charge in [0.05, 0.1) is 52.1 Å². The fraction of sp³-hybridized carbons (Fsp3) is 0.120. The van der Waals surface area contributed by atoms with Crippen molar-refractivity contribution >= 4 is 67.0 Å². The van der Waals surface area contributed by atoms with Gasteiger partial charge < -0.3 is 9.84 Å². The maximum absolute atomic E-state index is 9.36. The van der Waals surface area contributed by atoms with Crippen molar-refractivity contribution in [2.75, 3.05) is 6.61 Å². The van der Waals surface area contributed by atoms with E-state index in [1.807, 2.05) is 158 Å². The van der Waals surface area contributed by atoms with Crippen LogP contribution in [-0.2, 0) is 0 Å². The molecule has 0 atom stereocenters. The van der Waals surface area contributed by atoms with Crippen molar-refractivity contribution < 1.29 is 9.84 Å². The summed E-state index contributed by atoms with van der Waals surface area (Å²) in [5, 5.41) is 48.3. The Hall–Kier alpha value is -7.72. The highest BCUT2D eigenvalue weighted by atomic mass is 16.5. The SMILES string of the molecule is CCCCCCOc1ccc(N=Nc2ccc(N=Nc3ccccc3)c3ccccc23)cc1.Oc1ccc(N=Nc2ccc(N=Nc3ccccc3)c3ccccc23)cc1. The van der Waals surface area contributed by atoms with Gasteiger partial charge in [-0.05, 0) is 103 Å². The van der Waals surface area contributed by atoms with Crippen molar-refractivity contribution in [2.24, 2.45) is 40.9 Å². The van der Waals surface area contributed by atoms with E-state index < -0.39 is 0 Å². The normalized spacial score (nSPS) is 11.6. The lowest BCUT2D eigenvalue weighted by Gasteiger charge is -2.06. The molecule has 60 heavy (non-hydrogen) atoms. The summed E-state index contributed by atoms with van der Waals surface area (Å²) >= 11 is 0. The average molecular weight is 789 g/mol. The van der Waals surface area contributed by atoms with E-state index in [0.29, 0.717) is 5.69 Å². The zero-order valence-electron chi connectivity index (χ0n) is 33.3. The molecular formula is C50H44N8O2. The van der Waals surface area contributed by atoms with Gasteiger partial charge in [-0.3, -0.25) is 0 Å². The second-order valence-corrected chi connectivity index (χ2v) is 13.7. The molecule has 296 valence electrons. The lowest BCUT2D eigenvalue weighted by molar-refractivity contribution is 0.305. The standard InChI is InChI=1S/C28H28N4O.C22H16N4O/c1-2-3-4-10-21-33-24-17-15-23(16-18-24)30-32-28-20-19-27(25-13-8-9-14-26(25)28)31-29-22-11-6-5-7-12-22;27-18-12-10-17(11-13-18)24-26-22-15-14-21(19-8-4-5-9-20(19)22)25-23-16-6-2-1-3-7-16/h5-9,11-20H,2-4,10,21H2,1H3;1-15,27H. The Bertz CT molecular complexity index is 2720. The number of azo groups is 4. The van der Waals surface area contributed by atoms with Crippen molar-refractivity contribution in [1.82, 2.24) is 0 Å². The maximum Gasteiger partial charge on any atom is 0.119 e. The summed E-state index contributed by atoms with van der Waals surface area (Å²) in [4.78, 5) is 0. The molecule has 0 saturated carbocycles. The van der Waals surface area contributed by atoms with E-state index in [-0.39, 0.29) is 5.75 Å². The predicted octanol–water partition coefficient (Wildman–Crippen LogP) is 17.0. The first kappa shape index (κ1) is 40.5. The summed E-state index contributed by atoms with van der Waals surface area (Å²) in [6.07, 6.45) is 4.79. The van der Waals surface area contributed by atoms with Crippen LogP contribution in [0.3, 0.4) is 0 Å². The van der Waals surface area contributed by atoms with Crippen molar-refractivity contribution in [1.29, 1.82) is 0 Å². The Morgan fingerprint density at radius 3 is 1.08 bits per heavy atom. The lowest BCUT2D eigenvalue weighted by Crippen LogP contribution is -1.96. The summed E-state index contributed by atoms with van der Waals surface area (Å²) in [7, 11) is 0. The zero-order chi connectivity index (χ0) is 41.2. The van der Waals surface area contributed by atoms with E-state index in [4.69, 9.17) is 4.74 Å². The van der Waals surface area contributed by atoms with Gasteiger partial charge in [0.15, 0.2) is 0 Å². The van der Waals surface area contributed by atoms with Crippen LogP contribution in [0, 0.1) is 0 Å². The minimum absolute atomic E-state index is 0.201. The monoisotopic (exact) mass is 788 g/mol. The summed E-state index contributed by atoms with van der Waals surface area (Å²) < 4.78 is 5.80. The number of hydrogen-bond acceptors (Lipinski definition) is 10. The van der Waals surface area contributed by atoms with Crippen LogP contribution in [0.5, 0.6) is 11.5 Å². The van der Waals surface area contributed by atoms with Crippen LogP contribution in [-0.4, -0.2) is 11.7 Å². The largest absolute Gasteiger partial charge is 0.508 e. The van der Waals surface area contributed by atoms with Crippen molar-refractivity contribution in [3.8, 4) is 11.5 Å². The molecule has 10 nitrogen and oxygen atoms in total. The Morgan fingerprint density at radius 2 is 0.700 bits per heavy atom. The van der Waals surface area contributed by atoms with Crippen molar-refractivity contribution in [3.63, 3.8) is 0 Å². The number of unbranched alkanes of at least 4 members (excludes halogenated alkanes) is 3. The fourth-order valence-electron chi connectivity index (χ4n) is 6.17. The van der Waals surface area contributed by atoms with Gasteiger partial charge in [0.1, 0.15) is 11.5 Å². The number of aromatic hydroxyl groups is 1. The molecule has 0 aliphatic rings. The molecule has 0 saturated heterocycles. The van der Waals surface area contributed by atoms with Gasteiger partial charge in [-0.15, -0.1) is 20.5 Å². The molecule has 0 aromatic heterocycles. The maximum atomic E-state index is 9.36. The fourth-order valence-corrected chi connectivity index (χ4v) is 6.17. The van der Waals surface area contributed by atoms with E-state index in [1.54, 1.807) is 24.3 Å².